The van der Waals surface area contributed by atoms with Crippen LogP contribution in [0.25, 0.3) is 0 Å². The van der Waals surface area contributed by atoms with Crippen LogP contribution in [-0.2, 0) is 20.9 Å². The van der Waals surface area contributed by atoms with Gasteiger partial charge < -0.3 is 17.9 Å². The Hall–Kier alpha value is 0.500. The molecule has 1 N–H and O–H groups in total. The molecule has 0 amide bonds. The van der Waals surface area contributed by atoms with Crippen LogP contribution in [0.5, 0.6) is 0 Å². The van der Waals surface area contributed by atoms with Crippen LogP contribution in [0, 0.1) is 24.7 Å². The van der Waals surface area contributed by atoms with Crippen LogP contribution >= 0.6 is 0 Å². The Bertz CT molecular complexity index is 218. The molecule has 2 aliphatic rings. The van der Waals surface area contributed by atoms with Crippen LogP contribution in [0.15, 0.2) is 3.34 Å². The van der Waals surface area contributed by atoms with Gasteiger partial charge in [0.1, 0.15) is 0 Å². The number of rotatable bonds is 4. The first-order chi connectivity index (χ1) is 11.7. The molecule has 2 nitrogen and oxygen atoms in total. The van der Waals surface area contributed by atoms with Gasteiger partial charge in [-0.2, -0.15) is 25.7 Å². The van der Waals surface area contributed by atoms with E-state index in [1.165, 1.54) is 70.6 Å². The van der Waals surface area contributed by atoms with Gasteiger partial charge in [-0.3, -0.25) is 0 Å². The van der Waals surface area contributed by atoms with Gasteiger partial charge in [0.25, 0.3) is 0 Å². The summed E-state index contributed by atoms with van der Waals surface area (Å²) in [6.07, 6.45) is 20.1. The molecule has 2 rings (SSSR count). The van der Waals surface area contributed by atoms with Crippen LogP contribution in [0.1, 0.15) is 98.3 Å². The summed E-state index contributed by atoms with van der Waals surface area (Å²) in [7, 11) is 1.00. The van der Waals surface area contributed by atoms with Gasteiger partial charge in [0.15, 0.2) is 0 Å². The molecule has 1 atom stereocenters. The molecule has 2 saturated carbocycles. The van der Waals surface area contributed by atoms with Gasteiger partial charge in [0.2, 0.25) is 0 Å². The summed E-state index contributed by atoms with van der Waals surface area (Å²) >= 11 is 1.55. The van der Waals surface area contributed by atoms with Crippen molar-refractivity contribution in [1.82, 2.24) is 0 Å². The molecule has 2 aliphatic carbocycles. The predicted molar refractivity (Wildman–Crippen MR) is 103 cm³/mol. The quantitative estimate of drug-likeness (QED) is 0.400. The first-order valence-electron chi connectivity index (χ1n) is 10.1. The van der Waals surface area contributed by atoms with Crippen molar-refractivity contribution in [2.75, 3.05) is 7.11 Å². The molecule has 0 bridgehead atoms. The molecule has 1 unspecified atom stereocenters. The summed E-state index contributed by atoms with van der Waals surface area (Å²) in [4.78, 5) is 0. The van der Waals surface area contributed by atoms with E-state index in [4.69, 9.17) is 5.11 Å². The average Bonchev–Trinajstić information content (AvgIpc) is 2.71. The van der Waals surface area contributed by atoms with E-state index < -0.39 is 0 Å². The fraction of sp³-hybridized carbons (Fsp3) is 0.905. The van der Waals surface area contributed by atoms with Gasteiger partial charge in [0, 0.05) is 7.11 Å². The third kappa shape index (κ3) is 17.3. The van der Waals surface area contributed by atoms with Gasteiger partial charge in [-0.15, -0.1) is 0 Å². The minimum Gasteiger partial charge on any atom is -0.400 e. The van der Waals surface area contributed by atoms with Crippen molar-refractivity contribution in [3.8, 4) is 0 Å². The van der Waals surface area contributed by atoms with Crippen molar-refractivity contribution in [2.24, 2.45) is 15.2 Å². The number of hydrogen-bond acceptors (Lipinski definition) is 2. The molecular weight excluding hydrogens is 375 g/mol. The smallest absolute Gasteiger partial charge is 0.0319 e. The van der Waals surface area contributed by atoms with E-state index >= 15 is 0 Å². The maximum atomic E-state index is 7.00. The standard InChI is InChI=1S/2C8H15.C4H9N.CH4O.Nb/c2*1-2-8-6-4-3-5-7-8;1-3-4(2)5;1-2;/h2*3,8H,2,4-7H2,1H3;4H,3H2,1-2H3;2H,1H3;/q2*-1;;;. The Labute approximate surface area is 165 Å². The minimum atomic E-state index is 0.582. The number of hydrogen-bond donors (Lipinski definition) is 1. The summed E-state index contributed by atoms with van der Waals surface area (Å²) in [5.74, 6) is 2.11. The van der Waals surface area contributed by atoms with Gasteiger partial charge in [0.05, 0.1) is 0 Å². The van der Waals surface area contributed by atoms with Crippen LogP contribution in [0.3, 0.4) is 0 Å². The fourth-order valence-corrected chi connectivity index (χ4v) is 3.29. The number of aliphatic hydroxyl groups excluding tert-OH is 1. The third-order valence-electron chi connectivity index (χ3n) is 5.06. The third-order valence-corrected chi connectivity index (χ3v) is 6.03. The fourth-order valence-electron chi connectivity index (χ4n) is 2.89. The first kappa shape index (κ1) is 26.7. The van der Waals surface area contributed by atoms with Crippen molar-refractivity contribution < 1.29 is 26.0 Å². The second-order valence-corrected chi connectivity index (χ2v) is 7.38. The van der Waals surface area contributed by atoms with E-state index in [1.54, 1.807) is 20.9 Å². The molecule has 145 valence electrons. The van der Waals surface area contributed by atoms with E-state index in [9.17, 15) is 0 Å². The van der Waals surface area contributed by atoms with Crippen molar-refractivity contribution in [3.05, 3.63) is 12.8 Å². The molecular formula is C21H43NNbO-2. The summed E-state index contributed by atoms with van der Waals surface area (Å²) < 4.78 is 4.06. The van der Waals surface area contributed by atoms with Crippen LogP contribution in [0.4, 0.5) is 0 Å². The van der Waals surface area contributed by atoms with E-state index in [1.807, 2.05) is 0 Å². The van der Waals surface area contributed by atoms with E-state index in [0.29, 0.717) is 6.04 Å². The first-order valence-corrected chi connectivity index (χ1v) is 11.1. The van der Waals surface area contributed by atoms with Crippen LogP contribution in [0.2, 0.25) is 0 Å². The van der Waals surface area contributed by atoms with E-state index in [2.05, 4.69) is 43.9 Å². The zero-order chi connectivity index (χ0) is 18.6. The van der Waals surface area contributed by atoms with Gasteiger partial charge in [-0.1, -0.05) is 52.4 Å². The van der Waals surface area contributed by atoms with Crippen molar-refractivity contribution in [2.45, 2.75) is 104 Å². The minimum absolute atomic E-state index is 0.582. The monoisotopic (exact) mass is 418 g/mol. The van der Waals surface area contributed by atoms with E-state index in [-0.39, 0.29) is 0 Å². The molecule has 0 spiro atoms. The maximum Gasteiger partial charge on any atom is 0.0319 e. The molecule has 2 fully saturated rings. The molecule has 3 heteroatoms. The predicted octanol–water partition coefficient (Wildman–Crippen LogP) is 6.71. The molecule has 0 heterocycles. The largest absolute Gasteiger partial charge is 0.400 e. The Morgan fingerprint density at radius 3 is 1.33 bits per heavy atom. The van der Waals surface area contributed by atoms with Crippen LogP contribution < -0.4 is 0 Å². The second kappa shape index (κ2) is 21.5. The Balaban J connectivity index is 0. The summed E-state index contributed by atoms with van der Waals surface area (Å²) in [5, 5.41) is 7.00. The molecule has 0 aromatic carbocycles. The maximum absolute atomic E-state index is 7.00. The van der Waals surface area contributed by atoms with Crippen LogP contribution in [-0.4, -0.2) is 18.3 Å². The normalized spacial score (nSPS) is 19.4. The zero-order valence-electron chi connectivity index (χ0n) is 17.0. The topological polar surface area (TPSA) is 32.6 Å². The van der Waals surface area contributed by atoms with Gasteiger partial charge in [-0.05, 0) is 11.8 Å². The molecule has 0 aromatic rings. The Morgan fingerprint density at radius 2 is 1.21 bits per heavy atom. The van der Waals surface area contributed by atoms with Crippen molar-refractivity contribution in [3.63, 3.8) is 0 Å². The van der Waals surface area contributed by atoms with Crippen molar-refractivity contribution >= 4 is 0 Å². The van der Waals surface area contributed by atoms with Gasteiger partial charge >= 0.3 is 50.5 Å². The summed E-state index contributed by atoms with van der Waals surface area (Å²) in [6.45, 7) is 8.87. The van der Waals surface area contributed by atoms with Crippen molar-refractivity contribution in [1.29, 1.82) is 0 Å². The summed E-state index contributed by atoms with van der Waals surface area (Å²) in [5.41, 5.74) is 0. The van der Waals surface area contributed by atoms with E-state index in [0.717, 1.165) is 18.9 Å². The molecule has 0 aromatic heterocycles. The average molecular weight is 418 g/mol. The molecule has 0 radical (unpaired) electrons. The molecule has 0 aliphatic heterocycles. The SMILES string of the molecule is CCC(C)[N]=[Nb].CCC1CC[CH-]CC1.CCC1CC[CH-]CC1.CO. The van der Waals surface area contributed by atoms with Gasteiger partial charge in [-0.25, -0.2) is 0 Å². The zero-order valence-corrected chi connectivity index (χ0v) is 19.2. The number of aliphatic hydroxyl groups is 1. The second-order valence-electron chi connectivity index (χ2n) is 6.81. The Morgan fingerprint density at radius 1 is 0.875 bits per heavy atom. The Kier molecular flexibility index (Phi) is 24.0. The number of nitrogens with zero attached hydrogens (tertiary/aromatic N) is 1. The molecule has 24 heavy (non-hydrogen) atoms. The molecule has 0 saturated heterocycles. The summed E-state index contributed by atoms with van der Waals surface area (Å²) in [6, 6.07) is 0.582.